The molecule has 1 atom stereocenters. The van der Waals surface area contributed by atoms with E-state index >= 15 is 0 Å². The summed E-state index contributed by atoms with van der Waals surface area (Å²) in [6.45, 7) is 0. The van der Waals surface area contributed by atoms with Gasteiger partial charge in [0.05, 0.1) is 0 Å². The molecule has 0 aliphatic rings. The van der Waals surface area contributed by atoms with Gasteiger partial charge in [0.15, 0.2) is 0 Å². The molecular weight excluding hydrogens is 255 g/mol. The van der Waals surface area contributed by atoms with Crippen molar-refractivity contribution in [3.63, 3.8) is 0 Å². The van der Waals surface area contributed by atoms with Gasteiger partial charge in [-0.1, -0.05) is 35.3 Å². The van der Waals surface area contributed by atoms with Gasteiger partial charge in [-0.3, -0.25) is 4.98 Å². The smallest absolute Gasteiger partial charge is 0.0468 e. The van der Waals surface area contributed by atoms with Crippen molar-refractivity contribution < 1.29 is 0 Å². The Hall–Kier alpha value is -1.09. The van der Waals surface area contributed by atoms with E-state index in [2.05, 4.69) is 4.98 Å². The van der Waals surface area contributed by atoms with Crippen LogP contribution in [0.2, 0.25) is 10.0 Å². The van der Waals surface area contributed by atoms with Crippen LogP contribution in [0.5, 0.6) is 0 Å². The van der Waals surface area contributed by atoms with E-state index < -0.39 is 0 Å². The van der Waals surface area contributed by atoms with Crippen LogP contribution in [0, 0.1) is 0 Å². The summed E-state index contributed by atoms with van der Waals surface area (Å²) in [7, 11) is 0. The predicted molar refractivity (Wildman–Crippen MR) is 71.3 cm³/mol. The standard InChI is InChI=1S/C13H12Cl2N2/c14-9-4-5-11(12(15)7-9)13(16)8-10-3-1-2-6-17-10/h1-7,13H,8,16H2. The molecule has 0 saturated heterocycles. The normalized spacial score (nSPS) is 12.4. The largest absolute Gasteiger partial charge is 0.324 e. The third kappa shape index (κ3) is 3.19. The molecule has 1 heterocycles. The number of rotatable bonds is 3. The Morgan fingerprint density at radius 3 is 2.65 bits per heavy atom. The number of nitrogens with two attached hydrogens (primary N) is 1. The van der Waals surface area contributed by atoms with E-state index in [1.807, 2.05) is 24.3 Å². The molecular formula is C13H12Cl2N2. The van der Waals surface area contributed by atoms with Gasteiger partial charge < -0.3 is 5.73 Å². The van der Waals surface area contributed by atoms with E-state index in [4.69, 9.17) is 28.9 Å². The van der Waals surface area contributed by atoms with Gasteiger partial charge in [0.1, 0.15) is 0 Å². The van der Waals surface area contributed by atoms with Crippen molar-refractivity contribution in [2.24, 2.45) is 5.73 Å². The van der Waals surface area contributed by atoms with Gasteiger partial charge in [0.2, 0.25) is 0 Å². The third-order valence-corrected chi connectivity index (χ3v) is 3.08. The fourth-order valence-corrected chi connectivity index (χ4v) is 2.20. The highest BCUT2D eigenvalue weighted by atomic mass is 35.5. The first-order valence-corrected chi connectivity index (χ1v) is 6.03. The predicted octanol–water partition coefficient (Wildman–Crippen LogP) is 3.63. The third-order valence-electron chi connectivity index (χ3n) is 2.52. The van der Waals surface area contributed by atoms with Crippen LogP contribution in [0.3, 0.4) is 0 Å². The Balaban J connectivity index is 2.17. The van der Waals surface area contributed by atoms with E-state index in [-0.39, 0.29) is 6.04 Å². The number of aromatic nitrogens is 1. The Morgan fingerprint density at radius 1 is 1.18 bits per heavy atom. The van der Waals surface area contributed by atoms with Gasteiger partial charge in [-0.15, -0.1) is 0 Å². The van der Waals surface area contributed by atoms with Crippen LogP contribution in [0.4, 0.5) is 0 Å². The lowest BCUT2D eigenvalue weighted by molar-refractivity contribution is 0.707. The molecule has 2 nitrogen and oxygen atoms in total. The highest BCUT2D eigenvalue weighted by Crippen LogP contribution is 2.26. The molecule has 0 radical (unpaired) electrons. The number of nitrogens with zero attached hydrogens (tertiary/aromatic N) is 1. The SMILES string of the molecule is NC(Cc1ccccn1)c1ccc(Cl)cc1Cl. The number of pyridine rings is 1. The van der Waals surface area contributed by atoms with Crippen LogP contribution in [0.25, 0.3) is 0 Å². The molecule has 0 spiro atoms. The van der Waals surface area contributed by atoms with Crippen molar-refractivity contribution in [2.75, 3.05) is 0 Å². The Kier molecular flexibility index (Phi) is 4.00. The number of hydrogen-bond donors (Lipinski definition) is 1. The highest BCUT2D eigenvalue weighted by Gasteiger charge is 2.11. The minimum atomic E-state index is -0.172. The average Bonchev–Trinajstić information content (AvgIpc) is 2.30. The van der Waals surface area contributed by atoms with Crippen LogP contribution >= 0.6 is 23.2 Å². The van der Waals surface area contributed by atoms with Gasteiger partial charge in [0.25, 0.3) is 0 Å². The zero-order valence-electron chi connectivity index (χ0n) is 9.11. The van der Waals surface area contributed by atoms with Crippen molar-refractivity contribution in [1.82, 2.24) is 4.98 Å². The lowest BCUT2D eigenvalue weighted by Gasteiger charge is -2.13. The van der Waals surface area contributed by atoms with E-state index in [1.54, 1.807) is 18.3 Å². The summed E-state index contributed by atoms with van der Waals surface area (Å²) in [5, 5.41) is 1.21. The maximum absolute atomic E-state index is 6.11. The first-order chi connectivity index (χ1) is 8.16. The molecule has 0 aliphatic heterocycles. The molecule has 0 amide bonds. The minimum Gasteiger partial charge on any atom is -0.324 e. The molecule has 0 fully saturated rings. The number of hydrogen-bond acceptors (Lipinski definition) is 2. The quantitative estimate of drug-likeness (QED) is 0.922. The van der Waals surface area contributed by atoms with Gasteiger partial charge in [-0.2, -0.15) is 0 Å². The minimum absolute atomic E-state index is 0.172. The van der Waals surface area contributed by atoms with E-state index in [1.165, 1.54) is 0 Å². The summed E-state index contributed by atoms with van der Waals surface area (Å²) < 4.78 is 0. The van der Waals surface area contributed by atoms with Crippen LogP contribution in [-0.4, -0.2) is 4.98 Å². The lowest BCUT2D eigenvalue weighted by atomic mass is 10.0. The first-order valence-electron chi connectivity index (χ1n) is 5.27. The lowest BCUT2D eigenvalue weighted by Crippen LogP contribution is -2.14. The van der Waals surface area contributed by atoms with E-state index in [0.717, 1.165) is 11.3 Å². The first kappa shape index (κ1) is 12.4. The molecule has 88 valence electrons. The highest BCUT2D eigenvalue weighted by molar-refractivity contribution is 6.35. The van der Waals surface area contributed by atoms with Crippen LogP contribution in [0.15, 0.2) is 42.6 Å². The van der Waals surface area contributed by atoms with Crippen molar-refractivity contribution in [3.05, 3.63) is 63.9 Å². The zero-order chi connectivity index (χ0) is 12.3. The molecule has 1 aromatic heterocycles. The summed E-state index contributed by atoms with van der Waals surface area (Å²) in [6, 6.07) is 11.0. The summed E-state index contributed by atoms with van der Waals surface area (Å²) in [5.41, 5.74) is 7.95. The number of halogens is 2. The molecule has 2 N–H and O–H groups in total. The maximum atomic E-state index is 6.11. The van der Waals surface area contributed by atoms with Gasteiger partial charge in [0, 0.05) is 34.4 Å². The van der Waals surface area contributed by atoms with Crippen molar-refractivity contribution >= 4 is 23.2 Å². The maximum Gasteiger partial charge on any atom is 0.0468 e. The van der Waals surface area contributed by atoms with Crippen LogP contribution in [-0.2, 0) is 6.42 Å². The van der Waals surface area contributed by atoms with Crippen molar-refractivity contribution in [2.45, 2.75) is 12.5 Å². The second-order valence-corrected chi connectivity index (χ2v) is 4.64. The average molecular weight is 267 g/mol. The molecule has 1 unspecified atom stereocenters. The van der Waals surface area contributed by atoms with Crippen LogP contribution in [0.1, 0.15) is 17.3 Å². The molecule has 1 aromatic carbocycles. The zero-order valence-corrected chi connectivity index (χ0v) is 10.6. The summed E-state index contributed by atoms with van der Waals surface area (Å²) >= 11 is 11.9. The molecule has 0 aliphatic carbocycles. The van der Waals surface area contributed by atoms with E-state index in [0.29, 0.717) is 16.5 Å². The Bertz CT molecular complexity index is 500. The number of benzene rings is 1. The Labute approximate surface area is 110 Å². The van der Waals surface area contributed by atoms with E-state index in [9.17, 15) is 0 Å². The molecule has 2 aromatic rings. The molecule has 17 heavy (non-hydrogen) atoms. The molecule has 0 saturated carbocycles. The fourth-order valence-electron chi connectivity index (χ4n) is 1.66. The van der Waals surface area contributed by atoms with Crippen molar-refractivity contribution in [3.8, 4) is 0 Å². The van der Waals surface area contributed by atoms with Gasteiger partial charge in [-0.05, 0) is 29.8 Å². The summed E-state index contributed by atoms with van der Waals surface area (Å²) in [5.74, 6) is 0. The monoisotopic (exact) mass is 266 g/mol. The Morgan fingerprint density at radius 2 is 2.00 bits per heavy atom. The molecule has 0 bridgehead atoms. The van der Waals surface area contributed by atoms with Gasteiger partial charge >= 0.3 is 0 Å². The fraction of sp³-hybridized carbons (Fsp3) is 0.154. The second kappa shape index (κ2) is 5.50. The molecule has 4 heteroatoms. The molecule has 2 rings (SSSR count). The summed E-state index contributed by atoms with van der Waals surface area (Å²) in [4.78, 5) is 4.24. The second-order valence-electron chi connectivity index (χ2n) is 3.80. The summed E-state index contributed by atoms with van der Waals surface area (Å²) in [6.07, 6.45) is 2.41. The topological polar surface area (TPSA) is 38.9 Å². The van der Waals surface area contributed by atoms with Crippen LogP contribution < -0.4 is 5.73 Å². The van der Waals surface area contributed by atoms with Gasteiger partial charge in [-0.25, -0.2) is 0 Å². The van der Waals surface area contributed by atoms with Crippen molar-refractivity contribution in [1.29, 1.82) is 0 Å².